The Balaban J connectivity index is 1.53. The van der Waals surface area contributed by atoms with Crippen LogP contribution in [0.25, 0.3) is 10.8 Å². The summed E-state index contributed by atoms with van der Waals surface area (Å²) in [5.41, 5.74) is 17.7. The third kappa shape index (κ3) is 7.33. The van der Waals surface area contributed by atoms with Crippen molar-refractivity contribution in [1.82, 2.24) is 9.62 Å². The molecule has 0 radical (unpaired) electrons. The van der Waals surface area contributed by atoms with Crippen LogP contribution in [0.2, 0.25) is 0 Å². The number of hydrogen-bond acceptors (Lipinski definition) is 5. The van der Waals surface area contributed by atoms with Gasteiger partial charge in [-0.15, -0.1) is 0 Å². The van der Waals surface area contributed by atoms with E-state index in [0.29, 0.717) is 31.1 Å². The van der Waals surface area contributed by atoms with E-state index in [1.165, 1.54) is 0 Å². The lowest BCUT2D eigenvalue weighted by atomic mass is 9.93. The Morgan fingerprint density at radius 3 is 2.31 bits per heavy atom. The standard InChI is InChI=1S/C28H35N7O3S/c29-26(30)22-7-5-20(6-8-22)17-25(27(36)35-15-12-19(13-16-35)11-14-33-28(31)32)34-39(37,38)24-10-9-21-3-1-2-4-23(21)18-24/h1-10,18-19,25,34H,11-17H2,(H3,29,30)(H4,31,32,33)/t25-/m1/s1. The topological polar surface area (TPSA) is 181 Å². The summed E-state index contributed by atoms with van der Waals surface area (Å²) in [6.45, 7) is 1.61. The Morgan fingerprint density at radius 1 is 1.00 bits per heavy atom. The summed E-state index contributed by atoms with van der Waals surface area (Å²) in [7, 11) is -4.00. The number of nitrogens with one attached hydrogen (secondary N) is 2. The van der Waals surface area contributed by atoms with Crippen molar-refractivity contribution in [2.75, 3.05) is 19.6 Å². The molecule has 11 heteroatoms. The fraction of sp³-hybridized carbons (Fsp3) is 0.321. The van der Waals surface area contributed by atoms with Crippen LogP contribution in [-0.2, 0) is 21.2 Å². The maximum absolute atomic E-state index is 13.7. The van der Waals surface area contributed by atoms with E-state index in [0.717, 1.165) is 35.6 Å². The monoisotopic (exact) mass is 549 g/mol. The van der Waals surface area contributed by atoms with Crippen molar-refractivity contribution in [3.05, 3.63) is 77.9 Å². The highest BCUT2D eigenvalue weighted by Gasteiger charge is 2.32. The molecule has 8 N–H and O–H groups in total. The SMILES string of the molecule is N=C(N)c1ccc(C[C@@H](NS(=O)(=O)c2ccc3ccccc3c2)C(=O)N2CCC(CCN=C(N)N)CC2)cc1. The van der Waals surface area contributed by atoms with Crippen LogP contribution in [0.5, 0.6) is 0 Å². The number of aliphatic imine (C=N–C) groups is 1. The summed E-state index contributed by atoms with van der Waals surface area (Å²) in [5.74, 6) is 0.135. The van der Waals surface area contributed by atoms with Crippen LogP contribution in [0, 0.1) is 11.3 Å². The molecule has 10 nitrogen and oxygen atoms in total. The molecule has 1 fully saturated rings. The number of likely N-dealkylation sites (tertiary alicyclic amines) is 1. The van der Waals surface area contributed by atoms with Crippen LogP contribution in [-0.4, -0.2) is 56.7 Å². The number of nitrogens with zero attached hydrogens (tertiary/aromatic N) is 2. The second kappa shape index (κ2) is 12.3. The molecule has 1 aliphatic heterocycles. The maximum Gasteiger partial charge on any atom is 0.241 e. The van der Waals surface area contributed by atoms with Gasteiger partial charge in [-0.1, -0.05) is 54.6 Å². The number of nitrogen functional groups attached to an aromatic ring is 1. The first-order chi connectivity index (χ1) is 18.6. The Labute approximate surface area is 228 Å². The molecule has 1 heterocycles. The number of piperidine rings is 1. The number of fused-ring (bicyclic) bond motifs is 1. The number of amidine groups is 1. The van der Waals surface area contributed by atoms with Gasteiger partial charge in [0.2, 0.25) is 15.9 Å². The highest BCUT2D eigenvalue weighted by molar-refractivity contribution is 7.89. The minimum Gasteiger partial charge on any atom is -0.384 e. The van der Waals surface area contributed by atoms with E-state index in [-0.39, 0.29) is 29.0 Å². The number of guanidine groups is 1. The van der Waals surface area contributed by atoms with E-state index in [1.54, 1.807) is 47.4 Å². The number of nitrogens with two attached hydrogens (primary N) is 3. The van der Waals surface area contributed by atoms with Crippen LogP contribution in [0.4, 0.5) is 0 Å². The molecule has 1 amide bonds. The highest BCUT2D eigenvalue weighted by atomic mass is 32.2. The first kappa shape index (κ1) is 28.1. The first-order valence-corrected chi connectivity index (χ1v) is 14.4. The van der Waals surface area contributed by atoms with E-state index < -0.39 is 16.1 Å². The number of hydrogen-bond donors (Lipinski definition) is 5. The Hall–Kier alpha value is -3.96. The molecular formula is C28H35N7O3S. The van der Waals surface area contributed by atoms with Crippen molar-refractivity contribution in [2.24, 2.45) is 28.1 Å². The number of benzene rings is 3. The average Bonchev–Trinajstić information content (AvgIpc) is 2.92. The fourth-order valence-corrected chi connectivity index (χ4v) is 6.09. The van der Waals surface area contributed by atoms with Crippen molar-refractivity contribution in [3.63, 3.8) is 0 Å². The Kier molecular flexibility index (Phi) is 8.82. The lowest BCUT2D eigenvalue weighted by molar-refractivity contribution is -0.134. The summed E-state index contributed by atoms with van der Waals surface area (Å²) >= 11 is 0. The lowest BCUT2D eigenvalue weighted by Gasteiger charge is -2.34. The van der Waals surface area contributed by atoms with Crippen molar-refractivity contribution < 1.29 is 13.2 Å². The Bertz CT molecular complexity index is 1460. The van der Waals surface area contributed by atoms with Crippen molar-refractivity contribution in [1.29, 1.82) is 5.41 Å². The van der Waals surface area contributed by atoms with Crippen LogP contribution >= 0.6 is 0 Å². The molecule has 1 atom stereocenters. The normalized spacial score (nSPS) is 15.1. The van der Waals surface area contributed by atoms with Crippen molar-refractivity contribution in [2.45, 2.75) is 36.6 Å². The smallest absolute Gasteiger partial charge is 0.241 e. The zero-order valence-electron chi connectivity index (χ0n) is 21.7. The van der Waals surface area contributed by atoms with Gasteiger partial charge < -0.3 is 22.1 Å². The summed E-state index contributed by atoms with van der Waals surface area (Å²) in [6.07, 6.45) is 2.58. The van der Waals surface area contributed by atoms with Gasteiger partial charge >= 0.3 is 0 Å². The van der Waals surface area contributed by atoms with Crippen LogP contribution in [0.1, 0.15) is 30.4 Å². The number of carbonyl (C=O) groups is 1. The van der Waals surface area contributed by atoms with Gasteiger partial charge in [0.05, 0.1) is 4.90 Å². The van der Waals surface area contributed by atoms with E-state index in [2.05, 4.69) is 9.71 Å². The molecular weight excluding hydrogens is 514 g/mol. The van der Waals surface area contributed by atoms with E-state index in [1.807, 2.05) is 24.3 Å². The van der Waals surface area contributed by atoms with Gasteiger partial charge in [0.1, 0.15) is 11.9 Å². The van der Waals surface area contributed by atoms with E-state index in [9.17, 15) is 13.2 Å². The van der Waals surface area contributed by atoms with Crippen molar-refractivity contribution >= 4 is 38.5 Å². The minimum atomic E-state index is -4.00. The van der Waals surface area contributed by atoms with Crippen LogP contribution < -0.4 is 21.9 Å². The zero-order chi connectivity index (χ0) is 28.0. The lowest BCUT2D eigenvalue weighted by Crippen LogP contribution is -2.51. The molecule has 206 valence electrons. The second-order valence-electron chi connectivity index (χ2n) is 9.86. The van der Waals surface area contributed by atoms with Gasteiger partial charge in [0.15, 0.2) is 5.96 Å². The molecule has 0 saturated carbocycles. The van der Waals surface area contributed by atoms with Crippen LogP contribution in [0.15, 0.2) is 76.6 Å². The Morgan fingerprint density at radius 2 is 1.67 bits per heavy atom. The van der Waals surface area contributed by atoms with Gasteiger partial charge in [-0.05, 0) is 60.1 Å². The minimum absolute atomic E-state index is 0.0612. The quantitative estimate of drug-likeness (QED) is 0.190. The van der Waals surface area contributed by atoms with Gasteiger partial charge in [0, 0.05) is 25.2 Å². The summed E-state index contributed by atoms with van der Waals surface area (Å²) < 4.78 is 29.6. The van der Waals surface area contributed by atoms with Gasteiger partial charge in [-0.25, -0.2) is 8.42 Å². The van der Waals surface area contributed by atoms with E-state index >= 15 is 0 Å². The highest BCUT2D eigenvalue weighted by Crippen LogP contribution is 2.23. The zero-order valence-corrected chi connectivity index (χ0v) is 22.5. The number of carbonyl (C=O) groups excluding carboxylic acids is 1. The molecule has 0 aromatic heterocycles. The second-order valence-corrected chi connectivity index (χ2v) is 11.6. The molecule has 0 aliphatic carbocycles. The number of sulfonamides is 1. The molecule has 0 bridgehead atoms. The van der Waals surface area contributed by atoms with E-state index in [4.69, 9.17) is 22.6 Å². The third-order valence-electron chi connectivity index (χ3n) is 7.09. The summed E-state index contributed by atoms with van der Waals surface area (Å²) in [5, 5.41) is 9.33. The maximum atomic E-state index is 13.7. The van der Waals surface area contributed by atoms with Crippen molar-refractivity contribution in [3.8, 4) is 0 Å². The molecule has 0 spiro atoms. The van der Waals surface area contributed by atoms with Crippen LogP contribution in [0.3, 0.4) is 0 Å². The van der Waals surface area contributed by atoms with Gasteiger partial charge in [0.25, 0.3) is 0 Å². The first-order valence-electron chi connectivity index (χ1n) is 12.9. The van der Waals surface area contributed by atoms with Gasteiger partial charge in [-0.3, -0.25) is 15.2 Å². The predicted molar refractivity (Wildman–Crippen MR) is 154 cm³/mol. The molecule has 39 heavy (non-hydrogen) atoms. The molecule has 0 unspecified atom stereocenters. The molecule has 1 saturated heterocycles. The van der Waals surface area contributed by atoms with Gasteiger partial charge in [-0.2, -0.15) is 4.72 Å². The molecule has 4 rings (SSSR count). The third-order valence-corrected chi connectivity index (χ3v) is 8.56. The largest absolute Gasteiger partial charge is 0.384 e. The predicted octanol–water partition coefficient (Wildman–Crippen LogP) is 1.92. The molecule has 3 aromatic rings. The number of rotatable bonds is 10. The molecule has 1 aliphatic rings. The molecule has 3 aromatic carbocycles. The fourth-order valence-electron chi connectivity index (χ4n) is 4.86. The summed E-state index contributed by atoms with van der Waals surface area (Å²) in [4.78, 5) is 19.6. The summed E-state index contributed by atoms with van der Waals surface area (Å²) in [6, 6.07) is 18.3. The average molecular weight is 550 g/mol. The number of amides is 1.